The molecule has 0 amide bonds. The van der Waals surface area contributed by atoms with Crippen LogP contribution in [0.5, 0.6) is 0 Å². The van der Waals surface area contributed by atoms with E-state index >= 15 is 0 Å². The molecule has 0 saturated carbocycles. The van der Waals surface area contributed by atoms with Gasteiger partial charge in [-0.25, -0.2) is 4.79 Å². The summed E-state index contributed by atoms with van der Waals surface area (Å²) in [5, 5.41) is 8.24. The van der Waals surface area contributed by atoms with E-state index in [9.17, 15) is 4.79 Å². The van der Waals surface area contributed by atoms with Crippen molar-refractivity contribution in [3.8, 4) is 0 Å². The van der Waals surface area contributed by atoms with Crippen molar-refractivity contribution in [2.24, 2.45) is 0 Å². The fourth-order valence-corrected chi connectivity index (χ4v) is 0.382. The number of rotatable bonds is 4. The normalized spacial score (nSPS) is 13.1. The number of carbonyl (C=O) groups is 1. The van der Waals surface area contributed by atoms with Crippen LogP contribution in [0.25, 0.3) is 0 Å². The number of ether oxygens (including phenoxy) is 1. The third kappa shape index (κ3) is 4.24. The molecule has 0 aromatic carbocycles. The van der Waals surface area contributed by atoms with Gasteiger partial charge in [0.25, 0.3) is 0 Å². The molecule has 0 radical (unpaired) electrons. The fraction of sp³-hybridized carbons (Fsp3) is 0.800. The lowest BCUT2D eigenvalue weighted by molar-refractivity contribution is -0.148. The summed E-state index contributed by atoms with van der Waals surface area (Å²) >= 11 is 5.23. The quantitative estimate of drug-likeness (QED) is 0.604. The van der Waals surface area contributed by atoms with E-state index in [1.165, 1.54) is 6.92 Å². The van der Waals surface area contributed by atoms with Gasteiger partial charge in [-0.15, -0.1) is 11.6 Å². The summed E-state index contributed by atoms with van der Waals surface area (Å²) in [4.78, 5) is 10.0. The molecule has 0 fully saturated rings. The van der Waals surface area contributed by atoms with Crippen molar-refractivity contribution in [3.05, 3.63) is 0 Å². The van der Waals surface area contributed by atoms with Crippen molar-refractivity contribution >= 4 is 17.6 Å². The van der Waals surface area contributed by atoms with Gasteiger partial charge < -0.3 is 9.84 Å². The second-order valence-corrected chi connectivity index (χ2v) is 1.92. The first-order valence-corrected chi connectivity index (χ1v) is 3.12. The molecule has 1 unspecified atom stereocenters. The molecule has 0 aromatic heterocycles. The molecule has 54 valence electrons. The smallest absolute Gasteiger partial charge is 0.332 e. The first-order chi connectivity index (χ1) is 4.18. The summed E-state index contributed by atoms with van der Waals surface area (Å²) in [7, 11) is 0. The monoisotopic (exact) mass is 152 g/mol. The Morgan fingerprint density at radius 2 is 2.44 bits per heavy atom. The van der Waals surface area contributed by atoms with Crippen molar-refractivity contribution in [2.45, 2.75) is 13.0 Å². The average Bonchev–Trinajstić information content (AvgIpc) is 1.82. The van der Waals surface area contributed by atoms with Gasteiger partial charge in [-0.3, -0.25) is 0 Å². The highest BCUT2D eigenvalue weighted by molar-refractivity contribution is 6.17. The third-order valence-corrected chi connectivity index (χ3v) is 0.947. The van der Waals surface area contributed by atoms with E-state index in [4.69, 9.17) is 21.4 Å². The summed E-state index contributed by atoms with van der Waals surface area (Å²) in [6, 6.07) is 0. The summed E-state index contributed by atoms with van der Waals surface area (Å²) in [6.45, 7) is 1.75. The number of halogens is 1. The van der Waals surface area contributed by atoms with E-state index in [1.807, 2.05) is 0 Å². The average molecular weight is 153 g/mol. The van der Waals surface area contributed by atoms with Crippen LogP contribution in [0.3, 0.4) is 0 Å². The van der Waals surface area contributed by atoms with Crippen LogP contribution in [0.4, 0.5) is 0 Å². The van der Waals surface area contributed by atoms with Crippen molar-refractivity contribution in [1.82, 2.24) is 0 Å². The van der Waals surface area contributed by atoms with Crippen LogP contribution in [0, 0.1) is 0 Å². The zero-order valence-corrected chi connectivity index (χ0v) is 5.89. The molecule has 0 aliphatic heterocycles. The van der Waals surface area contributed by atoms with Crippen LogP contribution in [-0.2, 0) is 9.53 Å². The molecule has 9 heavy (non-hydrogen) atoms. The minimum absolute atomic E-state index is 0.287. The van der Waals surface area contributed by atoms with Crippen molar-refractivity contribution < 1.29 is 14.6 Å². The second-order valence-electron chi connectivity index (χ2n) is 1.54. The standard InChI is InChI=1S/C5H9ClO3/c1-4(5(7)8)9-3-2-6/h4H,2-3H2,1H3,(H,7,8). The molecule has 0 heterocycles. The van der Waals surface area contributed by atoms with Crippen LogP contribution in [-0.4, -0.2) is 29.7 Å². The van der Waals surface area contributed by atoms with E-state index < -0.39 is 12.1 Å². The van der Waals surface area contributed by atoms with E-state index in [0.717, 1.165) is 0 Å². The summed E-state index contributed by atoms with van der Waals surface area (Å²) in [6.07, 6.45) is -0.747. The maximum absolute atomic E-state index is 10.0. The number of alkyl halides is 1. The zero-order valence-electron chi connectivity index (χ0n) is 5.13. The lowest BCUT2D eigenvalue weighted by atomic mass is 10.4. The Morgan fingerprint density at radius 3 is 2.78 bits per heavy atom. The minimum atomic E-state index is -0.958. The summed E-state index contributed by atoms with van der Waals surface area (Å²) in [5.74, 6) is -0.627. The molecule has 0 aromatic rings. The molecule has 1 atom stereocenters. The Bertz CT molecular complexity index is 94.2. The minimum Gasteiger partial charge on any atom is -0.479 e. The van der Waals surface area contributed by atoms with Gasteiger partial charge in [0, 0.05) is 5.88 Å². The Morgan fingerprint density at radius 1 is 1.89 bits per heavy atom. The molecular formula is C5H9ClO3. The molecule has 0 aliphatic carbocycles. The van der Waals surface area contributed by atoms with Gasteiger partial charge in [0.1, 0.15) is 0 Å². The number of aliphatic carboxylic acids is 1. The topological polar surface area (TPSA) is 46.5 Å². The number of hydrogen-bond acceptors (Lipinski definition) is 2. The molecule has 1 N–H and O–H groups in total. The van der Waals surface area contributed by atoms with Gasteiger partial charge in [0.2, 0.25) is 0 Å². The van der Waals surface area contributed by atoms with E-state index in [0.29, 0.717) is 5.88 Å². The second kappa shape index (κ2) is 4.58. The molecule has 3 nitrogen and oxygen atoms in total. The highest BCUT2D eigenvalue weighted by Gasteiger charge is 2.08. The Kier molecular flexibility index (Phi) is 4.44. The molecule has 0 bridgehead atoms. The van der Waals surface area contributed by atoms with Crippen LogP contribution in [0.1, 0.15) is 6.92 Å². The molecule has 4 heteroatoms. The summed E-state index contributed by atoms with van der Waals surface area (Å²) < 4.78 is 4.72. The molecular weight excluding hydrogens is 144 g/mol. The third-order valence-electron chi connectivity index (χ3n) is 0.793. The predicted molar refractivity (Wildman–Crippen MR) is 33.8 cm³/mol. The van der Waals surface area contributed by atoms with Gasteiger partial charge >= 0.3 is 5.97 Å². The van der Waals surface area contributed by atoms with Gasteiger partial charge in [-0.1, -0.05) is 0 Å². The molecule has 0 spiro atoms. The van der Waals surface area contributed by atoms with Crippen LogP contribution >= 0.6 is 11.6 Å². The molecule has 0 saturated heterocycles. The van der Waals surface area contributed by atoms with E-state index in [-0.39, 0.29) is 6.61 Å². The fourth-order valence-electron chi connectivity index (χ4n) is 0.293. The largest absolute Gasteiger partial charge is 0.479 e. The maximum atomic E-state index is 10.0. The first-order valence-electron chi connectivity index (χ1n) is 2.59. The Balaban J connectivity index is 3.27. The lowest BCUT2D eigenvalue weighted by Gasteiger charge is -2.04. The molecule has 0 aliphatic rings. The van der Waals surface area contributed by atoms with Gasteiger partial charge in [-0.2, -0.15) is 0 Å². The highest BCUT2D eigenvalue weighted by atomic mass is 35.5. The number of hydrogen-bond donors (Lipinski definition) is 1. The van der Waals surface area contributed by atoms with Crippen LogP contribution < -0.4 is 0 Å². The van der Waals surface area contributed by atoms with Gasteiger partial charge in [-0.05, 0) is 6.92 Å². The summed E-state index contributed by atoms with van der Waals surface area (Å²) in [5.41, 5.74) is 0. The van der Waals surface area contributed by atoms with Crippen molar-refractivity contribution in [2.75, 3.05) is 12.5 Å². The van der Waals surface area contributed by atoms with Gasteiger partial charge in [0.05, 0.1) is 6.61 Å². The Labute approximate surface area is 58.6 Å². The maximum Gasteiger partial charge on any atom is 0.332 e. The Hall–Kier alpha value is -0.280. The molecule has 0 rings (SSSR count). The van der Waals surface area contributed by atoms with Crippen LogP contribution in [0.2, 0.25) is 0 Å². The van der Waals surface area contributed by atoms with Crippen molar-refractivity contribution in [1.29, 1.82) is 0 Å². The number of carboxylic acid groups (broad SMARTS) is 1. The van der Waals surface area contributed by atoms with E-state index in [1.54, 1.807) is 0 Å². The highest BCUT2D eigenvalue weighted by Crippen LogP contribution is 1.90. The van der Waals surface area contributed by atoms with E-state index in [2.05, 4.69) is 0 Å². The first kappa shape index (κ1) is 8.72. The van der Waals surface area contributed by atoms with Gasteiger partial charge in [0.15, 0.2) is 6.10 Å². The predicted octanol–water partition coefficient (Wildman–Crippen LogP) is 0.715. The number of carboxylic acids is 1. The van der Waals surface area contributed by atoms with Crippen molar-refractivity contribution in [3.63, 3.8) is 0 Å². The lowest BCUT2D eigenvalue weighted by Crippen LogP contribution is -2.20. The van der Waals surface area contributed by atoms with Crippen LogP contribution in [0.15, 0.2) is 0 Å². The SMILES string of the molecule is CC(OCCCl)C(=O)O. The zero-order chi connectivity index (χ0) is 7.28.